The van der Waals surface area contributed by atoms with Crippen molar-refractivity contribution >= 4 is 16.7 Å². The molecule has 0 unspecified atom stereocenters. The van der Waals surface area contributed by atoms with Crippen LogP contribution in [-0.2, 0) is 17.8 Å². The zero-order chi connectivity index (χ0) is 19.3. The second kappa shape index (κ2) is 8.53. The van der Waals surface area contributed by atoms with Crippen molar-refractivity contribution in [2.24, 2.45) is 0 Å². The summed E-state index contributed by atoms with van der Waals surface area (Å²) >= 11 is 0. The van der Waals surface area contributed by atoms with Gasteiger partial charge in [0.15, 0.2) is 0 Å². The summed E-state index contributed by atoms with van der Waals surface area (Å²) < 4.78 is 13.3. The molecule has 1 fully saturated rings. The van der Waals surface area contributed by atoms with E-state index in [9.17, 15) is 9.18 Å². The summed E-state index contributed by atoms with van der Waals surface area (Å²) in [6.45, 7) is 4.19. The van der Waals surface area contributed by atoms with Gasteiger partial charge in [-0.1, -0.05) is 54.6 Å². The highest BCUT2D eigenvalue weighted by atomic mass is 19.1. The summed E-state index contributed by atoms with van der Waals surface area (Å²) in [4.78, 5) is 16.9. The molecule has 4 rings (SSSR count). The monoisotopic (exact) mass is 376 g/mol. The third kappa shape index (κ3) is 4.39. The van der Waals surface area contributed by atoms with Gasteiger partial charge in [0.05, 0.1) is 0 Å². The lowest BCUT2D eigenvalue weighted by molar-refractivity contribution is -0.133. The fraction of sp³-hybridized carbons (Fsp3) is 0.292. The molecule has 28 heavy (non-hydrogen) atoms. The highest BCUT2D eigenvalue weighted by molar-refractivity contribution is 5.85. The van der Waals surface area contributed by atoms with Gasteiger partial charge in [-0.25, -0.2) is 4.39 Å². The Morgan fingerprint density at radius 3 is 2.46 bits per heavy atom. The Labute approximate surface area is 165 Å². The van der Waals surface area contributed by atoms with Gasteiger partial charge < -0.3 is 4.90 Å². The summed E-state index contributed by atoms with van der Waals surface area (Å²) in [5.41, 5.74) is 2.21. The van der Waals surface area contributed by atoms with Crippen molar-refractivity contribution in [1.82, 2.24) is 9.80 Å². The van der Waals surface area contributed by atoms with E-state index < -0.39 is 0 Å². The van der Waals surface area contributed by atoms with Crippen LogP contribution in [0.4, 0.5) is 4.39 Å². The lowest BCUT2D eigenvalue weighted by atomic mass is 10.0. The molecular weight excluding hydrogens is 351 g/mol. The summed E-state index contributed by atoms with van der Waals surface area (Å²) in [6, 6.07) is 21.4. The molecule has 3 aromatic rings. The van der Waals surface area contributed by atoms with Gasteiger partial charge in [-0.3, -0.25) is 9.69 Å². The number of carbonyl (C=O) groups excluding carboxylic acids is 1. The molecule has 0 bridgehead atoms. The first-order valence-corrected chi connectivity index (χ1v) is 9.90. The van der Waals surface area contributed by atoms with Crippen molar-refractivity contribution in [3.05, 3.63) is 83.7 Å². The van der Waals surface area contributed by atoms with Gasteiger partial charge in [-0.05, 0) is 40.5 Å². The third-order valence-corrected chi connectivity index (χ3v) is 5.52. The Bertz CT molecular complexity index is 958. The number of fused-ring (bicyclic) bond motifs is 1. The number of aryl methyl sites for hydroxylation is 1. The first kappa shape index (κ1) is 18.6. The summed E-state index contributed by atoms with van der Waals surface area (Å²) in [7, 11) is 0. The number of benzene rings is 3. The van der Waals surface area contributed by atoms with Crippen LogP contribution in [0.2, 0.25) is 0 Å². The average Bonchev–Trinajstić information content (AvgIpc) is 2.73. The largest absolute Gasteiger partial charge is 0.340 e. The molecule has 0 atom stereocenters. The number of amides is 1. The van der Waals surface area contributed by atoms with Crippen molar-refractivity contribution in [2.75, 3.05) is 26.2 Å². The maximum atomic E-state index is 13.3. The van der Waals surface area contributed by atoms with Gasteiger partial charge in [0.2, 0.25) is 5.91 Å². The first-order valence-electron chi connectivity index (χ1n) is 9.90. The van der Waals surface area contributed by atoms with Crippen LogP contribution in [0.15, 0.2) is 66.7 Å². The zero-order valence-corrected chi connectivity index (χ0v) is 16.0. The number of piperazine rings is 1. The number of halogens is 1. The topological polar surface area (TPSA) is 23.6 Å². The van der Waals surface area contributed by atoms with E-state index in [-0.39, 0.29) is 11.7 Å². The third-order valence-electron chi connectivity index (χ3n) is 5.52. The Kier molecular flexibility index (Phi) is 5.68. The zero-order valence-electron chi connectivity index (χ0n) is 16.0. The molecule has 1 aliphatic heterocycles. The number of rotatable bonds is 5. The average molecular weight is 376 g/mol. The van der Waals surface area contributed by atoms with E-state index in [2.05, 4.69) is 47.4 Å². The molecule has 1 saturated heterocycles. The predicted molar refractivity (Wildman–Crippen MR) is 111 cm³/mol. The second-order valence-corrected chi connectivity index (χ2v) is 7.43. The number of carbonyl (C=O) groups is 1. The molecule has 0 radical (unpaired) electrons. The van der Waals surface area contributed by atoms with E-state index in [0.29, 0.717) is 12.8 Å². The van der Waals surface area contributed by atoms with Crippen LogP contribution in [0, 0.1) is 5.82 Å². The minimum Gasteiger partial charge on any atom is -0.340 e. The van der Waals surface area contributed by atoms with Gasteiger partial charge in [0.1, 0.15) is 5.82 Å². The van der Waals surface area contributed by atoms with Crippen molar-refractivity contribution in [2.45, 2.75) is 19.4 Å². The molecule has 1 amide bonds. The molecule has 1 heterocycles. The molecule has 3 aromatic carbocycles. The Hall–Kier alpha value is -2.72. The van der Waals surface area contributed by atoms with Crippen LogP contribution >= 0.6 is 0 Å². The van der Waals surface area contributed by atoms with Crippen LogP contribution in [0.5, 0.6) is 0 Å². The minimum absolute atomic E-state index is 0.161. The summed E-state index contributed by atoms with van der Waals surface area (Å²) in [6.07, 6.45) is 1.03. The molecule has 0 spiro atoms. The quantitative estimate of drug-likeness (QED) is 0.664. The maximum absolute atomic E-state index is 13.3. The maximum Gasteiger partial charge on any atom is 0.222 e. The Morgan fingerprint density at radius 2 is 1.64 bits per heavy atom. The van der Waals surface area contributed by atoms with Gasteiger partial charge in [-0.2, -0.15) is 0 Å². The van der Waals surface area contributed by atoms with Crippen LogP contribution in [0.3, 0.4) is 0 Å². The number of nitrogens with zero attached hydrogens (tertiary/aromatic N) is 2. The molecule has 1 aliphatic rings. The van der Waals surface area contributed by atoms with Gasteiger partial charge in [0.25, 0.3) is 0 Å². The smallest absolute Gasteiger partial charge is 0.222 e. The van der Waals surface area contributed by atoms with E-state index in [0.717, 1.165) is 38.3 Å². The van der Waals surface area contributed by atoms with Crippen molar-refractivity contribution < 1.29 is 9.18 Å². The van der Waals surface area contributed by atoms with Gasteiger partial charge in [-0.15, -0.1) is 0 Å². The normalized spacial score (nSPS) is 15.1. The van der Waals surface area contributed by atoms with Crippen molar-refractivity contribution in [3.63, 3.8) is 0 Å². The fourth-order valence-electron chi connectivity index (χ4n) is 3.93. The molecule has 144 valence electrons. The standard InChI is InChI=1S/C24H25FN2O/c25-22-9-3-5-19(17-22)11-12-24(28)27-15-13-26(14-16-27)18-21-8-4-7-20-6-1-2-10-23(20)21/h1-10,17H,11-16,18H2. The van der Waals surface area contributed by atoms with Gasteiger partial charge >= 0.3 is 0 Å². The Balaban J connectivity index is 1.30. The molecule has 3 nitrogen and oxygen atoms in total. The summed E-state index contributed by atoms with van der Waals surface area (Å²) in [5.74, 6) is -0.0823. The fourth-order valence-corrected chi connectivity index (χ4v) is 3.93. The lowest BCUT2D eigenvalue weighted by Crippen LogP contribution is -2.48. The Morgan fingerprint density at radius 1 is 0.893 bits per heavy atom. The minimum atomic E-state index is -0.244. The second-order valence-electron chi connectivity index (χ2n) is 7.43. The van der Waals surface area contributed by atoms with Crippen molar-refractivity contribution in [1.29, 1.82) is 0 Å². The van der Waals surface area contributed by atoms with E-state index in [1.807, 2.05) is 11.0 Å². The van der Waals surface area contributed by atoms with Crippen molar-refractivity contribution in [3.8, 4) is 0 Å². The highest BCUT2D eigenvalue weighted by Gasteiger charge is 2.21. The van der Waals surface area contributed by atoms with E-state index in [4.69, 9.17) is 0 Å². The van der Waals surface area contributed by atoms with Crippen LogP contribution in [0.1, 0.15) is 17.5 Å². The SMILES string of the molecule is O=C(CCc1cccc(F)c1)N1CCN(Cc2cccc3ccccc23)CC1. The van der Waals surface area contributed by atoms with E-state index in [1.165, 1.54) is 28.5 Å². The number of hydrogen-bond donors (Lipinski definition) is 0. The predicted octanol–water partition coefficient (Wildman–Crippen LogP) is 4.26. The van der Waals surface area contributed by atoms with E-state index in [1.54, 1.807) is 6.07 Å². The number of hydrogen-bond acceptors (Lipinski definition) is 2. The molecule has 4 heteroatoms. The molecular formula is C24H25FN2O. The molecule has 0 saturated carbocycles. The van der Waals surface area contributed by atoms with Gasteiger partial charge in [0, 0.05) is 39.1 Å². The molecule has 0 aromatic heterocycles. The lowest BCUT2D eigenvalue weighted by Gasteiger charge is -2.35. The van der Waals surface area contributed by atoms with Crippen LogP contribution in [0.25, 0.3) is 10.8 Å². The van der Waals surface area contributed by atoms with Crippen LogP contribution in [-0.4, -0.2) is 41.9 Å². The first-order chi connectivity index (χ1) is 13.7. The molecule has 0 N–H and O–H groups in total. The van der Waals surface area contributed by atoms with Crippen LogP contribution < -0.4 is 0 Å². The summed E-state index contributed by atoms with van der Waals surface area (Å²) in [5, 5.41) is 2.57. The van der Waals surface area contributed by atoms with E-state index >= 15 is 0 Å². The highest BCUT2D eigenvalue weighted by Crippen LogP contribution is 2.20. The molecule has 0 aliphatic carbocycles.